The van der Waals surface area contributed by atoms with Crippen LogP contribution in [0.15, 0.2) is 48.7 Å². The van der Waals surface area contributed by atoms with Crippen LogP contribution in [0.3, 0.4) is 0 Å². The lowest BCUT2D eigenvalue weighted by atomic mass is 10.2. The van der Waals surface area contributed by atoms with E-state index in [9.17, 15) is 0 Å². The number of nitrogen functional groups attached to an aromatic ring is 1. The van der Waals surface area contributed by atoms with Gasteiger partial charge in [0.25, 0.3) is 0 Å². The Balaban J connectivity index is 2.05. The fourth-order valence-electron chi connectivity index (χ4n) is 2.96. The van der Waals surface area contributed by atoms with Gasteiger partial charge in [0, 0.05) is 23.5 Å². The standard InChI is InChI=1S/C20H18ClN5/c1-12-10-17-20(24-13(12)2)26(15-7-5-14(11-21)6-8-15)19(25-17)16-4-3-9-23-18(16)22/h3-10H,11H2,1-2H3,(H2,22,23). The number of nitrogens with zero attached hydrogens (tertiary/aromatic N) is 4. The molecule has 0 radical (unpaired) electrons. The zero-order chi connectivity index (χ0) is 18.3. The highest BCUT2D eigenvalue weighted by Gasteiger charge is 2.18. The minimum atomic E-state index is 0.440. The van der Waals surface area contributed by atoms with Crippen molar-refractivity contribution in [3.05, 3.63) is 65.5 Å². The molecule has 5 nitrogen and oxygen atoms in total. The summed E-state index contributed by atoms with van der Waals surface area (Å²) in [6, 6.07) is 13.9. The number of halogens is 1. The molecule has 0 aliphatic rings. The van der Waals surface area contributed by atoms with Crippen molar-refractivity contribution in [3.8, 4) is 17.1 Å². The quantitative estimate of drug-likeness (QED) is 0.547. The molecule has 130 valence electrons. The summed E-state index contributed by atoms with van der Waals surface area (Å²) in [6.07, 6.45) is 1.67. The van der Waals surface area contributed by atoms with E-state index in [0.29, 0.717) is 11.7 Å². The Kier molecular flexibility index (Phi) is 4.09. The lowest BCUT2D eigenvalue weighted by Gasteiger charge is -2.11. The van der Waals surface area contributed by atoms with E-state index in [0.717, 1.165) is 45.1 Å². The van der Waals surface area contributed by atoms with E-state index in [-0.39, 0.29) is 0 Å². The number of pyridine rings is 2. The third-order valence-corrected chi connectivity index (χ3v) is 4.81. The molecule has 0 atom stereocenters. The molecule has 4 rings (SSSR count). The number of benzene rings is 1. The summed E-state index contributed by atoms with van der Waals surface area (Å²) < 4.78 is 2.02. The van der Waals surface area contributed by atoms with Crippen molar-refractivity contribution in [2.75, 3.05) is 5.73 Å². The molecule has 6 heteroatoms. The normalized spacial score (nSPS) is 11.2. The second-order valence-electron chi connectivity index (χ2n) is 6.24. The van der Waals surface area contributed by atoms with Crippen molar-refractivity contribution < 1.29 is 0 Å². The molecular formula is C20H18ClN5. The highest BCUT2D eigenvalue weighted by Crippen LogP contribution is 2.31. The number of anilines is 1. The van der Waals surface area contributed by atoms with Crippen LogP contribution in [0.2, 0.25) is 0 Å². The van der Waals surface area contributed by atoms with Crippen molar-refractivity contribution in [2.45, 2.75) is 19.7 Å². The molecule has 0 bridgehead atoms. The number of imidazole rings is 1. The summed E-state index contributed by atoms with van der Waals surface area (Å²) in [4.78, 5) is 13.8. The smallest absolute Gasteiger partial charge is 0.165 e. The van der Waals surface area contributed by atoms with Gasteiger partial charge in [0.2, 0.25) is 0 Å². The lowest BCUT2D eigenvalue weighted by molar-refractivity contribution is 1.06. The number of hydrogen-bond donors (Lipinski definition) is 1. The number of fused-ring (bicyclic) bond motifs is 1. The van der Waals surface area contributed by atoms with Crippen LogP contribution in [0.25, 0.3) is 28.2 Å². The molecule has 0 saturated heterocycles. The maximum Gasteiger partial charge on any atom is 0.165 e. The van der Waals surface area contributed by atoms with E-state index in [1.165, 1.54) is 0 Å². The Morgan fingerprint density at radius 3 is 2.54 bits per heavy atom. The third kappa shape index (κ3) is 2.70. The molecule has 26 heavy (non-hydrogen) atoms. The van der Waals surface area contributed by atoms with E-state index < -0.39 is 0 Å². The van der Waals surface area contributed by atoms with Crippen LogP contribution in [0.4, 0.5) is 5.82 Å². The van der Waals surface area contributed by atoms with Crippen LogP contribution in [-0.2, 0) is 5.88 Å². The summed E-state index contributed by atoms with van der Waals surface area (Å²) in [5.74, 6) is 1.64. The van der Waals surface area contributed by atoms with Crippen LogP contribution in [0.5, 0.6) is 0 Å². The number of nitrogens with two attached hydrogens (primary N) is 1. The highest BCUT2D eigenvalue weighted by atomic mass is 35.5. The predicted octanol–water partition coefficient (Wildman–Crippen LogP) is 4.42. The monoisotopic (exact) mass is 363 g/mol. The molecule has 0 unspecified atom stereocenters. The second kappa shape index (κ2) is 6.42. The van der Waals surface area contributed by atoms with E-state index in [4.69, 9.17) is 27.3 Å². The molecule has 0 saturated carbocycles. The molecule has 0 aliphatic carbocycles. The van der Waals surface area contributed by atoms with E-state index in [1.54, 1.807) is 6.20 Å². The molecule has 3 heterocycles. The number of hydrogen-bond acceptors (Lipinski definition) is 4. The largest absolute Gasteiger partial charge is 0.383 e. The Labute approximate surface area is 156 Å². The van der Waals surface area contributed by atoms with Gasteiger partial charge >= 0.3 is 0 Å². The predicted molar refractivity (Wildman–Crippen MR) is 106 cm³/mol. The van der Waals surface area contributed by atoms with E-state index >= 15 is 0 Å². The van der Waals surface area contributed by atoms with Crippen LogP contribution in [0.1, 0.15) is 16.8 Å². The molecular weight excluding hydrogens is 346 g/mol. The van der Waals surface area contributed by atoms with Gasteiger partial charge in [0.15, 0.2) is 11.5 Å². The Morgan fingerprint density at radius 1 is 1.08 bits per heavy atom. The summed E-state index contributed by atoms with van der Waals surface area (Å²) in [6.45, 7) is 4.04. The lowest BCUT2D eigenvalue weighted by Crippen LogP contribution is -2.02. The van der Waals surface area contributed by atoms with E-state index in [1.807, 2.05) is 54.8 Å². The van der Waals surface area contributed by atoms with Crippen molar-refractivity contribution in [2.24, 2.45) is 0 Å². The first-order valence-corrected chi connectivity index (χ1v) is 8.85. The fourth-order valence-corrected chi connectivity index (χ4v) is 3.13. The molecule has 4 aromatic rings. The van der Waals surface area contributed by atoms with Gasteiger partial charge in [-0.2, -0.15) is 0 Å². The fraction of sp³-hybridized carbons (Fsp3) is 0.150. The Morgan fingerprint density at radius 2 is 1.85 bits per heavy atom. The number of rotatable bonds is 3. The van der Waals surface area contributed by atoms with E-state index in [2.05, 4.69) is 11.1 Å². The van der Waals surface area contributed by atoms with Crippen LogP contribution in [0, 0.1) is 13.8 Å². The van der Waals surface area contributed by atoms with Crippen LogP contribution < -0.4 is 5.73 Å². The van der Waals surface area contributed by atoms with Crippen molar-refractivity contribution in [1.29, 1.82) is 0 Å². The first-order chi connectivity index (χ1) is 12.6. The summed E-state index contributed by atoms with van der Waals surface area (Å²) in [7, 11) is 0. The van der Waals surface area contributed by atoms with Crippen LogP contribution in [-0.4, -0.2) is 19.5 Å². The van der Waals surface area contributed by atoms with Crippen molar-refractivity contribution >= 4 is 28.6 Å². The minimum Gasteiger partial charge on any atom is -0.383 e. The zero-order valence-corrected chi connectivity index (χ0v) is 15.3. The molecule has 0 spiro atoms. The van der Waals surface area contributed by atoms with Gasteiger partial charge in [-0.1, -0.05) is 12.1 Å². The number of aromatic nitrogens is 4. The van der Waals surface area contributed by atoms with Gasteiger partial charge < -0.3 is 5.73 Å². The maximum absolute atomic E-state index is 6.12. The first kappa shape index (κ1) is 16.5. The number of aryl methyl sites for hydroxylation is 2. The molecule has 0 amide bonds. The van der Waals surface area contributed by atoms with Crippen LogP contribution >= 0.6 is 11.6 Å². The summed E-state index contributed by atoms with van der Waals surface area (Å²) in [5.41, 5.74) is 12.6. The Hall–Kier alpha value is -2.92. The Bertz CT molecular complexity index is 1100. The topological polar surface area (TPSA) is 69.6 Å². The van der Waals surface area contributed by atoms with Crippen molar-refractivity contribution in [1.82, 2.24) is 19.5 Å². The maximum atomic E-state index is 6.12. The van der Waals surface area contributed by atoms with Gasteiger partial charge in [-0.05, 0) is 55.3 Å². The van der Waals surface area contributed by atoms with Gasteiger partial charge in [0.05, 0.1) is 5.56 Å². The molecule has 3 aromatic heterocycles. The summed E-state index contributed by atoms with van der Waals surface area (Å²) >= 11 is 5.93. The zero-order valence-electron chi connectivity index (χ0n) is 14.6. The molecule has 0 fully saturated rings. The summed E-state index contributed by atoms with van der Waals surface area (Å²) in [5, 5.41) is 0. The van der Waals surface area contributed by atoms with Gasteiger partial charge in [0.1, 0.15) is 11.3 Å². The van der Waals surface area contributed by atoms with Gasteiger partial charge in [-0.25, -0.2) is 15.0 Å². The average molecular weight is 364 g/mol. The van der Waals surface area contributed by atoms with Gasteiger partial charge in [-0.3, -0.25) is 4.57 Å². The first-order valence-electron chi connectivity index (χ1n) is 8.31. The highest BCUT2D eigenvalue weighted by molar-refractivity contribution is 6.17. The molecule has 0 aliphatic heterocycles. The third-order valence-electron chi connectivity index (χ3n) is 4.50. The molecule has 1 aromatic carbocycles. The SMILES string of the molecule is Cc1cc2nc(-c3cccnc3N)n(-c3ccc(CCl)cc3)c2nc1C. The van der Waals surface area contributed by atoms with Gasteiger partial charge in [-0.15, -0.1) is 11.6 Å². The average Bonchev–Trinajstić information content (AvgIpc) is 3.00. The minimum absolute atomic E-state index is 0.440. The number of alkyl halides is 1. The molecule has 2 N–H and O–H groups in total. The second-order valence-corrected chi connectivity index (χ2v) is 6.51. The van der Waals surface area contributed by atoms with Crippen molar-refractivity contribution in [3.63, 3.8) is 0 Å².